The molecule has 2 rings (SSSR count). The number of hydrogen-bond acceptors (Lipinski definition) is 2. The summed E-state index contributed by atoms with van der Waals surface area (Å²) in [6.45, 7) is -1.99. The first-order valence-electron chi connectivity index (χ1n) is 6.11. The highest BCUT2D eigenvalue weighted by atomic mass is 19.3. The van der Waals surface area contributed by atoms with Crippen LogP contribution < -0.4 is 5.32 Å². The second kappa shape index (κ2) is 5.71. The Hall–Kier alpha value is -2.12. The first kappa shape index (κ1) is 15.3. The molecule has 1 saturated heterocycles. The fraction of sp³-hybridized carbons (Fsp3) is 0.385. The maximum atomic E-state index is 13.2. The summed E-state index contributed by atoms with van der Waals surface area (Å²) in [6, 6.07) is 6.37. The van der Waals surface area contributed by atoms with E-state index < -0.39 is 43.3 Å². The van der Waals surface area contributed by atoms with Crippen molar-refractivity contribution in [3.8, 4) is 0 Å². The minimum atomic E-state index is -4.37. The van der Waals surface area contributed by atoms with Gasteiger partial charge in [0, 0.05) is 0 Å². The summed E-state index contributed by atoms with van der Waals surface area (Å²) in [5.74, 6) is -5.88. The molecular weight excluding hydrogens is 292 g/mol. The van der Waals surface area contributed by atoms with E-state index in [-0.39, 0.29) is 5.56 Å². The monoisotopic (exact) mass is 304 g/mol. The Kier molecular flexibility index (Phi) is 4.15. The lowest BCUT2D eigenvalue weighted by atomic mass is 10.0. The van der Waals surface area contributed by atoms with Crippen molar-refractivity contribution >= 4 is 11.8 Å². The van der Waals surface area contributed by atoms with E-state index in [1.807, 2.05) is 0 Å². The molecule has 8 heteroatoms. The molecule has 1 heterocycles. The number of rotatable bonds is 4. The third-order valence-electron chi connectivity index (χ3n) is 3.11. The summed E-state index contributed by atoms with van der Waals surface area (Å²) in [5.41, 5.74) is 0.285. The third kappa shape index (κ3) is 3.14. The predicted molar refractivity (Wildman–Crippen MR) is 64.9 cm³/mol. The molecule has 4 nitrogen and oxygen atoms in total. The quantitative estimate of drug-likeness (QED) is 0.859. The number of halogens is 4. The second-order valence-corrected chi connectivity index (χ2v) is 4.61. The van der Waals surface area contributed by atoms with Crippen LogP contribution in [-0.2, 0) is 9.59 Å². The molecule has 0 aromatic heterocycles. The summed E-state index contributed by atoms with van der Waals surface area (Å²) in [6.07, 6.45) is -3.91. The van der Waals surface area contributed by atoms with Crippen LogP contribution in [0.15, 0.2) is 30.3 Å². The van der Waals surface area contributed by atoms with Crippen LogP contribution in [0.25, 0.3) is 0 Å². The fourth-order valence-corrected chi connectivity index (χ4v) is 2.09. The first-order valence-corrected chi connectivity index (χ1v) is 6.11. The normalized spacial score (nSPS) is 19.9. The van der Waals surface area contributed by atoms with E-state index in [1.54, 1.807) is 18.2 Å². The summed E-state index contributed by atoms with van der Waals surface area (Å²) in [4.78, 5) is 24.1. The van der Waals surface area contributed by atoms with Gasteiger partial charge in [0.2, 0.25) is 11.8 Å². The Labute approximate surface area is 117 Å². The van der Waals surface area contributed by atoms with E-state index in [0.717, 1.165) is 0 Å². The van der Waals surface area contributed by atoms with Crippen LogP contribution in [0.1, 0.15) is 11.6 Å². The van der Waals surface area contributed by atoms with Gasteiger partial charge in [0.15, 0.2) is 0 Å². The average Bonchev–Trinajstić information content (AvgIpc) is 2.43. The third-order valence-corrected chi connectivity index (χ3v) is 3.11. The van der Waals surface area contributed by atoms with Crippen molar-refractivity contribution in [2.24, 2.45) is 0 Å². The smallest absolute Gasteiger partial charge is 0.324 e. The number of alkyl halides is 4. The van der Waals surface area contributed by atoms with Gasteiger partial charge in [-0.25, -0.2) is 8.78 Å². The molecule has 21 heavy (non-hydrogen) atoms. The van der Waals surface area contributed by atoms with Gasteiger partial charge in [-0.05, 0) is 5.56 Å². The largest absolute Gasteiger partial charge is 0.345 e. The van der Waals surface area contributed by atoms with Gasteiger partial charge in [0.05, 0.1) is 13.1 Å². The number of benzene rings is 1. The second-order valence-electron chi connectivity index (χ2n) is 4.61. The zero-order valence-electron chi connectivity index (χ0n) is 10.7. The van der Waals surface area contributed by atoms with E-state index >= 15 is 0 Å². The molecule has 2 amide bonds. The Morgan fingerprint density at radius 1 is 1.24 bits per heavy atom. The average molecular weight is 304 g/mol. The molecule has 1 unspecified atom stereocenters. The fourth-order valence-electron chi connectivity index (χ4n) is 2.09. The number of carbonyl (C=O) groups excluding carboxylic acids is 2. The summed E-state index contributed by atoms with van der Waals surface area (Å²) in [5, 5.41) is 2.26. The molecule has 0 saturated carbocycles. The van der Waals surface area contributed by atoms with Gasteiger partial charge in [-0.3, -0.25) is 9.59 Å². The highest BCUT2D eigenvalue weighted by Gasteiger charge is 2.47. The molecule has 1 aliphatic heterocycles. The van der Waals surface area contributed by atoms with Gasteiger partial charge in [-0.2, -0.15) is 8.78 Å². The van der Waals surface area contributed by atoms with Gasteiger partial charge in [0.25, 0.3) is 0 Å². The van der Waals surface area contributed by atoms with Crippen molar-refractivity contribution in [1.29, 1.82) is 0 Å². The van der Waals surface area contributed by atoms with Crippen molar-refractivity contribution in [2.45, 2.75) is 18.4 Å². The van der Waals surface area contributed by atoms with E-state index in [1.165, 1.54) is 12.1 Å². The standard InChI is InChI=1S/C13H12F4N2O2/c14-12(15)13(16,17)7-19-9(20)6-18-11(21)10(19)8-4-2-1-3-5-8/h1-5,10,12H,6-7H2,(H,18,21). The minimum Gasteiger partial charge on any atom is -0.345 e. The number of amides is 2. The Balaban J connectivity index is 2.33. The van der Waals surface area contributed by atoms with Crippen molar-refractivity contribution in [3.63, 3.8) is 0 Å². The topological polar surface area (TPSA) is 49.4 Å². The molecule has 0 aliphatic carbocycles. The highest BCUT2D eigenvalue weighted by Crippen LogP contribution is 2.30. The summed E-state index contributed by atoms with van der Waals surface area (Å²) in [7, 11) is 0. The van der Waals surface area contributed by atoms with Gasteiger partial charge < -0.3 is 10.2 Å². The predicted octanol–water partition coefficient (Wildman–Crippen LogP) is 1.59. The Bertz CT molecular complexity index is 536. The Morgan fingerprint density at radius 3 is 2.43 bits per heavy atom. The van der Waals surface area contributed by atoms with Crippen molar-refractivity contribution in [1.82, 2.24) is 10.2 Å². The molecule has 1 atom stereocenters. The maximum absolute atomic E-state index is 13.2. The SMILES string of the molecule is O=C1NCC(=O)N(CC(F)(F)C(F)F)C1c1ccccc1. The van der Waals surface area contributed by atoms with Crippen LogP contribution in [0.3, 0.4) is 0 Å². The van der Waals surface area contributed by atoms with Crippen molar-refractivity contribution < 1.29 is 27.2 Å². The lowest BCUT2D eigenvalue weighted by molar-refractivity contribution is -0.167. The van der Waals surface area contributed by atoms with E-state index in [4.69, 9.17) is 0 Å². The zero-order chi connectivity index (χ0) is 15.6. The van der Waals surface area contributed by atoms with E-state index in [0.29, 0.717) is 4.90 Å². The van der Waals surface area contributed by atoms with Crippen LogP contribution in [0.2, 0.25) is 0 Å². The molecule has 1 aliphatic rings. The Morgan fingerprint density at radius 2 is 1.86 bits per heavy atom. The minimum absolute atomic E-state index is 0.285. The molecular formula is C13H12F4N2O2. The number of hydrogen-bond donors (Lipinski definition) is 1. The number of carbonyl (C=O) groups is 2. The molecule has 0 bridgehead atoms. The van der Waals surface area contributed by atoms with E-state index in [9.17, 15) is 27.2 Å². The van der Waals surface area contributed by atoms with Gasteiger partial charge in [-0.15, -0.1) is 0 Å². The van der Waals surface area contributed by atoms with Crippen LogP contribution >= 0.6 is 0 Å². The molecule has 1 fully saturated rings. The van der Waals surface area contributed by atoms with Crippen LogP contribution in [-0.4, -0.2) is 42.2 Å². The highest BCUT2D eigenvalue weighted by molar-refractivity contribution is 5.95. The van der Waals surface area contributed by atoms with Gasteiger partial charge in [0.1, 0.15) is 6.04 Å². The lowest BCUT2D eigenvalue weighted by Crippen LogP contribution is -2.57. The number of piperazine rings is 1. The van der Waals surface area contributed by atoms with E-state index in [2.05, 4.69) is 5.32 Å². The molecule has 0 spiro atoms. The molecule has 1 aromatic carbocycles. The van der Waals surface area contributed by atoms with Crippen LogP contribution in [0.5, 0.6) is 0 Å². The molecule has 0 radical (unpaired) electrons. The lowest BCUT2D eigenvalue weighted by Gasteiger charge is -2.36. The van der Waals surface area contributed by atoms with Gasteiger partial charge >= 0.3 is 12.3 Å². The van der Waals surface area contributed by atoms with Crippen LogP contribution in [0.4, 0.5) is 17.6 Å². The summed E-state index contributed by atoms with van der Waals surface area (Å²) < 4.78 is 51.2. The first-order chi connectivity index (χ1) is 9.83. The maximum Gasteiger partial charge on any atom is 0.324 e. The molecule has 1 N–H and O–H groups in total. The molecule has 114 valence electrons. The molecule has 1 aromatic rings. The van der Waals surface area contributed by atoms with Gasteiger partial charge in [-0.1, -0.05) is 30.3 Å². The van der Waals surface area contributed by atoms with Crippen molar-refractivity contribution in [2.75, 3.05) is 13.1 Å². The summed E-state index contributed by atoms with van der Waals surface area (Å²) >= 11 is 0. The number of nitrogens with one attached hydrogen (secondary N) is 1. The number of nitrogens with zero attached hydrogens (tertiary/aromatic N) is 1. The van der Waals surface area contributed by atoms with Crippen molar-refractivity contribution in [3.05, 3.63) is 35.9 Å². The van der Waals surface area contributed by atoms with Crippen LogP contribution in [0, 0.1) is 0 Å². The zero-order valence-corrected chi connectivity index (χ0v) is 10.7.